The molecule has 11 heteroatoms. The van der Waals surface area contributed by atoms with Crippen molar-refractivity contribution in [3.05, 3.63) is 87.4 Å². The van der Waals surface area contributed by atoms with Crippen molar-refractivity contribution in [3.8, 4) is 0 Å². The van der Waals surface area contributed by atoms with Crippen LogP contribution in [0.15, 0.2) is 71.6 Å². The van der Waals surface area contributed by atoms with E-state index in [1.807, 2.05) is 0 Å². The summed E-state index contributed by atoms with van der Waals surface area (Å²) in [5.41, 5.74) is 1.23. The van der Waals surface area contributed by atoms with Crippen LogP contribution in [-0.4, -0.2) is 31.1 Å². The van der Waals surface area contributed by atoms with E-state index in [-0.39, 0.29) is 27.4 Å². The number of sulfonamides is 1. The van der Waals surface area contributed by atoms with Gasteiger partial charge in [-0.2, -0.15) is 4.31 Å². The lowest BCUT2D eigenvalue weighted by Gasteiger charge is -2.23. The molecule has 0 aromatic heterocycles. The quantitative estimate of drug-likeness (QED) is 0.398. The Bertz CT molecular complexity index is 1300. The van der Waals surface area contributed by atoms with Crippen molar-refractivity contribution in [2.75, 3.05) is 17.2 Å². The van der Waals surface area contributed by atoms with Gasteiger partial charge in [-0.25, -0.2) is 8.42 Å². The highest BCUT2D eigenvalue weighted by atomic mass is 35.5. The van der Waals surface area contributed by atoms with Crippen LogP contribution >= 0.6 is 34.8 Å². The van der Waals surface area contributed by atoms with Crippen LogP contribution < -0.4 is 10.6 Å². The third-order valence-electron chi connectivity index (χ3n) is 4.63. The third kappa shape index (κ3) is 6.71. The number of nitrogens with one attached hydrogen (secondary N) is 2. The summed E-state index contributed by atoms with van der Waals surface area (Å²) in [5, 5.41) is 6.18. The van der Waals surface area contributed by atoms with Crippen LogP contribution in [0.5, 0.6) is 0 Å². The van der Waals surface area contributed by atoms with Gasteiger partial charge < -0.3 is 10.6 Å². The van der Waals surface area contributed by atoms with Crippen LogP contribution in [0, 0.1) is 0 Å². The molecule has 0 aliphatic heterocycles. The van der Waals surface area contributed by atoms with E-state index in [0.29, 0.717) is 22.0 Å². The zero-order valence-electron chi connectivity index (χ0n) is 17.9. The van der Waals surface area contributed by atoms with E-state index >= 15 is 0 Å². The topological polar surface area (TPSA) is 95.6 Å². The van der Waals surface area contributed by atoms with Crippen molar-refractivity contribution in [1.29, 1.82) is 0 Å². The van der Waals surface area contributed by atoms with E-state index in [2.05, 4.69) is 10.6 Å². The normalized spacial score (nSPS) is 11.3. The maximum Gasteiger partial charge on any atom is 0.243 e. The van der Waals surface area contributed by atoms with Gasteiger partial charge in [0.1, 0.15) is 0 Å². The van der Waals surface area contributed by atoms with E-state index in [0.717, 1.165) is 4.31 Å². The molecule has 0 radical (unpaired) electrons. The standard InChI is InChI=1S/C23H20Cl3N3O4S/c1-15(30)27-17-4-2-5-18(12-17)28-23(31)14-29(13-20-21(25)6-3-7-22(20)26)34(32,33)19-10-8-16(24)9-11-19/h2-12H,13-14H2,1H3,(H,27,30)(H,28,31). The summed E-state index contributed by atoms with van der Waals surface area (Å²) in [4.78, 5) is 24.1. The Morgan fingerprint density at radius 1 is 0.853 bits per heavy atom. The monoisotopic (exact) mass is 539 g/mol. The van der Waals surface area contributed by atoms with Crippen molar-refractivity contribution in [3.63, 3.8) is 0 Å². The summed E-state index contributed by atoms with van der Waals surface area (Å²) in [6.45, 7) is 0.615. The number of halogens is 3. The van der Waals surface area contributed by atoms with Gasteiger partial charge in [-0.05, 0) is 54.6 Å². The molecular weight excluding hydrogens is 521 g/mol. The molecule has 0 saturated heterocycles. The molecule has 34 heavy (non-hydrogen) atoms. The van der Waals surface area contributed by atoms with Crippen molar-refractivity contribution in [1.82, 2.24) is 4.31 Å². The SMILES string of the molecule is CC(=O)Nc1cccc(NC(=O)CN(Cc2c(Cl)cccc2Cl)S(=O)(=O)c2ccc(Cl)cc2)c1. The van der Waals surface area contributed by atoms with Crippen LogP contribution in [0.2, 0.25) is 15.1 Å². The fourth-order valence-electron chi connectivity index (χ4n) is 3.08. The van der Waals surface area contributed by atoms with E-state index in [9.17, 15) is 18.0 Å². The Balaban J connectivity index is 1.90. The fraction of sp³-hybridized carbons (Fsp3) is 0.130. The molecule has 0 saturated carbocycles. The molecule has 3 rings (SSSR count). The largest absolute Gasteiger partial charge is 0.326 e. The minimum Gasteiger partial charge on any atom is -0.326 e. The summed E-state index contributed by atoms with van der Waals surface area (Å²) in [5.74, 6) is -0.860. The highest BCUT2D eigenvalue weighted by Gasteiger charge is 2.28. The molecule has 0 aliphatic carbocycles. The van der Waals surface area contributed by atoms with Gasteiger partial charge in [-0.3, -0.25) is 9.59 Å². The molecule has 3 aromatic carbocycles. The van der Waals surface area contributed by atoms with E-state index < -0.39 is 22.5 Å². The number of hydrogen-bond donors (Lipinski definition) is 2. The third-order valence-corrected chi connectivity index (χ3v) is 7.40. The van der Waals surface area contributed by atoms with Crippen molar-refractivity contribution >= 4 is 68.0 Å². The van der Waals surface area contributed by atoms with Gasteiger partial charge in [0.2, 0.25) is 21.8 Å². The average Bonchev–Trinajstić information content (AvgIpc) is 2.75. The van der Waals surface area contributed by atoms with Crippen LogP contribution in [0.1, 0.15) is 12.5 Å². The smallest absolute Gasteiger partial charge is 0.243 e. The first-order valence-corrected chi connectivity index (χ1v) is 12.5. The lowest BCUT2D eigenvalue weighted by atomic mass is 10.2. The van der Waals surface area contributed by atoms with Crippen LogP contribution in [0.3, 0.4) is 0 Å². The summed E-state index contributed by atoms with van der Waals surface area (Å²) < 4.78 is 27.8. The zero-order chi connectivity index (χ0) is 24.9. The van der Waals surface area contributed by atoms with Gasteiger partial charge in [0.05, 0.1) is 11.4 Å². The highest BCUT2D eigenvalue weighted by molar-refractivity contribution is 7.89. The maximum atomic E-state index is 13.4. The second kappa shape index (κ2) is 11.2. The van der Waals surface area contributed by atoms with E-state index in [1.165, 1.54) is 31.2 Å². The molecule has 0 aliphatic rings. The molecule has 7 nitrogen and oxygen atoms in total. The molecule has 2 N–H and O–H groups in total. The summed E-state index contributed by atoms with van der Waals surface area (Å²) in [7, 11) is -4.12. The Hall–Kier alpha value is -2.62. The highest BCUT2D eigenvalue weighted by Crippen LogP contribution is 2.28. The van der Waals surface area contributed by atoms with Crippen LogP contribution in [0.25, 0.3) is 0 Å². The number of hydrogen-bond acceptors (Lipinski definition) is 4. The predicted molar refractivity (Wildman–Crippen MR) is 135 cm³/mol. The first-order chi connectivity index (χ1) is 16.1. The Labute approximate surface area is 212 Å². The van der Waals surface area contributed by atoms with Crippen LogP contribution in [-0.2, 0) is 26.2 Å². The first-order valence-electron chi connectivity index (χ1n) is 9.92. The van der Waals surface area contributed by atoms with Gasteiger partial charge in [0.25, 0.3) is 0 Å². The van der Waals surface area contributed by atoms with E-state index in [1.54, 1.807) is 42.5 Å². The number of nitrogens with zero attached hydrogens (tertiary/aromatic N) is 1. The molecule has 0 heterocycles. The molecule has 178 valence electrons. The van der Waals surface area contributed by atoms with Gasteiger partial charge in [0.15, 0.2) is 0 Å². The summed E-state index contributed by atoms with van der Waals surface area (Å²) in [6.07, 6.45) is 0. The summed E-state index contributed by atoms with van der Waals surface area (Å²) in [6, 6.07) is 16.9. The molecule has 0 bridgehead atoms. The predicted octanol–water partition coefficient (Wildman–Crippen LogP) is 5.43. The minimum absolute atomic E-state index is 0.0412. The lowest BCUT2D eigenvalue weighted by molar-refractivity contribution is -0.116. The number of benzene rings is 3. The minimum atomic E-state index is -4.12. The van der Waals surface area contributed by atoms with Crippen molar-refractivity contribution < 1.29 is 18.0 Å². The summed E-state index contributed by atoms with van der Waals surface area (Å²) >= 11 is 18.4. The molecule has 0 unspecified atom stereocenters. The van der Waals surface area contributed by atoms with E-state index in [4.69, 9.17) is 34.8 Å². The molecule has 0 spiro atoms. The number of rotatable bonds is 8. The molecule has 3 aromatic rings. The zero-order valence-corrected chi connectivity index (χ0v) is 21.0. The van der Waals surface area contributed by atoms with Crippen LogP contribution in [0.4, 0.5) is 11.4 Å². The molecule has 2 amide bonds. The van der Waals surface area contributed by atoms with Gasteiger partial charge in [0, 0.05) is 45.5 Å². The molecule has 0 fully saturated rings. The second-order valence-electron chi connectivity index (χ2n) is 7.24. The first kappa shape index (κ1) is 26.0. The Morgan fingerprint density at radius 2 is 1.41 bits per heavy atom. The maximum absolute atomic E-state index is 13.4. The lowest BCUT2D eigenvalue weighted by Crippen LogP contribution is -2.37. The van der Waals surface area contributed by atoms with Gasteiger partial charge >= 0.3 is 0 Å². The van der Waals surface area contributed by atoms with Gasteiger partial charge in [-0.1, -0.05) is 46.9 Å². The number of anilines is 2. The average molecular weight is 541 g/mol. The number of carbonyl (C=O) groups excluding carboxylic acids is 2. The fourth-order valence-corrected chi connectivity index (χ4v) is 5.09. The number of carbonyl (C=O) groups is 2. The molecular formula is C23H20Cl3N3O4S. The second-order valence-corrected chi connectivity index (χ2v) is 10.4. The van der Waals surface area contributed by atoms with Gasteiger partial charge in [-0.15, -0.1) is 0 Å². The Morgan fingerprint density at radius 3 is 2.00 bits per heavy atom. The van der Waals surface area contributed by atoms with Crippen molar-refractivity contribution in [2.45, 2.75) is 18.4 Å². The number of amides is 2. The van der Waals surface area contributed by atoms with Crippen molar-refractivity contribution in [2.24, 2.45) is 0 Å². The Kier molecular flexibility index (Phi) is 8.57. The molecule has 0 atom stereocenters.